The van der Waals surface area contributed by atoms with Crippen LogP contribution >= 0.6 is 11.3 Å². The van der Waals surface area contributed by atoms with Crippen molar-refractivity contribution in [2.24, 2.45) is 0 Å². The zero-order valence-electron chi connectivity index (χ0n) is 15.2. The third-order valence-corrected chi connectivity index (χ3v) is 4.71. The second-order valence-electron chi connectivity index (χ2n) is 5.75. The van der Waals surface area contributed by atoms with Crippen LogP contribution in [0, 0.1) is 0 Å². The van der Waals surface area contributed by atoms with Crippen molar-refractivity contribution < 1.29 is 14.3 Å². The average Bonchev–Trinajstić information content (AvgIpc) is 3.25. The largest absolute Gasteiger partial charge is 0.493 e. The fourth-order valence-electron chi connectivity index (χ4n) is 2.65. The topological polar surface area (TPSA) is 72.5 Å². The van der Waals surface area contributed by atoms with Crippen LogP contribution in [0.3, 0.4) is 0 Å². The van der Waals surface area contributed by atoms with Gasteiger partial charge in [0, 0.05) is 30.2 Å². The highest BCUT2D eigenvalue weighted by Gasteiger charge is 2.09. The van der Waals surface area contributed by atoms with E-state index in [1.807, 2.05) is 47.2 Å². The number of carbonyl (C=O) groups is 1. The number of methoxy groups -OCH3 is 2. The molecule has 0 radical (unpaired) electrons. The molecular weight excluding hydrogens is 362 g/mol. The number of hydrogen-bond donors (Lipinski definition) is 2. The molecule has 7 heteroatoms. The number of carbonyl (C=O) groups excluding carboxylic acids is 1. The van der Waals surface area contributed by atoms with Crippen LogP contribution in [0.15, 0.2) is 53.4 Å². The van der Waals surface area contributed by atoms with Crippen molar-refractivity contribution in [3.8, 4) is 22.8 Å². The summed E-state index contributed by atoms with van der Waals surface area (Å²) in [4.78, 5) is 16.6. The lowest BCUT2D eigenvalue weighted by atomic mass is 10.1. The molecule has 3 aromatic rings. The summed E-state index contributed by atoms with van der Waals surface area (Å²) >= 11 is 1.62. The van der Waals surface area contributed by atoms with Crippen LogP contribution < -0.4 is 20.1 Å². The number of thiophene rings is 1. The highest BCUT2D eigenvalue weighted by Crippen LogP contribution is 2.27. The second-order valence-corrected chi connectivity index (χ2v) is 6.53. The maximum atomic E-state index is 12.2. The van der Waals surface area contributed by atoms with Gasteiger partial charge in [-0.15, -0.1) is 0 Å². The number of nitrogens with one attached hydrogen (secondary N) is 2. The number of pyridine rings is 1. The van der Waals surface area contributed by atoms with Crippen LogP contribution in [0.4, 0.5) is 4.79 Å². The van der Waals surface area contributed by atoms with Gasteiger partial charge in [0.25, 0.3) is 0 Å². The van der Waals surface area contributed by atoms with Gasteiger partial charge in [-0.1, -0.05) is 12.1 Å². The highest BCUT2D eigenvalue weighted by atomic mass is 32.1. The lowest BCUT2D eigenvalue weighted by Crippen LogP contribution is -2.34. The van der Waals surface area contributed by atoms with Gasteiger partial charge >= 0.3 is 6.03 Å². The van der Waals surface area contributed by atoms with Gasteiger partial charge in [0.05, 0.1) is 19.9 Å². The number of rotatable bonds is 7. The molecule has 0 aliphatic carbocycles. The number of ether oxygens (including phenoxy) is 2. The summed E-state index contributed by atoms with van der Waals surface area (Å²) in [5.41, 5.74) is 3.84. The van der Waals surface area contributed by atoms with E-state index in [1.54, 1.807) is 31.8 Å². The summed E-state index contributed by atoms with van der Waals surface area (Å²) in [6.45, 7) is 0.785. The Kier molecular flexibility index (Phi) is 6.27. The summed E-state index contributed by atoms with van der Waals surface area (Å²) in [6, 6.07) is 11.2. The van der Waals surface area contributed by atoms with E-state index in [-0.39, 0.29) is 6.03 Å². The van der Waals surface area contributed by atoms with Crippen LogP contribution in [-0.4, -0.2) is 25.2 Å². The molecular formula is C20H21N3O3S. The van der Waals surface area contributed by atoms with E-state index in [4.69, 9.17) is 9.47 Å². The Morgan fingerprint density at radius 2 is 1.89 bits per heavy atom. The number of aromatic nitrogens is 1. The van der Waals surface area contributed by atoms with Crippen LogP contribution in [0.1, 0.15) is 11.1 Å². The Labute approximate surface area is 162 Å². The first-order valence-corrected chi connectivity index (χ1v) is 9.34. The molecule has 6 nitrogen and oxygen atoms in total. The van der Waals surface area contributed by atoms with Gasteiger partial charge in [-0.3, -0.25) is 4.98 Å². The SMILES string of the molecule is COc1ccc(CNC(=O)NCc2cccnc2-c2ccsc2)cc1OC. The molecule has 0 aliphatic rings. The zero-order valence-corrected chi connectivity index (χ0v) is 16.0. The summed E-state index contributed by atoms with van der Waals surface area (Å²) < 4.78 is 10.5. The van der Waals surface area contributed by atoms with E-state index in [0.717, 1.165) is 22.4 Å². The van der Waals surface area contributed by atoms with E-state index in [9.17, 15) is 4.79 Å². The minimum absolute atomic E-state index is 0.245. The Balaban J connectivity index is 1.57. The quantitative estimate of drug-likeness (QED) is 0.650. The summed E-state index contributed by atoms with van der Waals surface area (Å²) in [7, 11) is 3.17. The van der Waals surface area contributed by atoms with E-state index < -0.39 is 0 Å². The Bertz CT molecular complexity index is 897. The molecule has 2 heterocycles. The smallest absolute Gasteiger partial charge is 0.315 e. The molecule has 0 fully saturated rings. The molecule has 0 unspecified atom stereocenters. The molecule has 1 aromatic carbocycles. The molecule has 2 amide bonds. The van der Waals surface area contributed by atoms with Crippen LogP contribution in [0.5, 0.6) is 11.5 Å². The number of nitrogens with zero attached hydrogens (tertiary/aromatic N) is 1. The molecule has 0 aliphatic heterocycles. The summed E-state index contributed by atoms with van der Waals surface area (Å²) in [5, 5.41) is 9.78. The van der Waals surface area contributed by atoms with Crippen molar-refractivity contribution in [2.75, 3.05) is 14.2 Å². The van der Waals surface area contributed by atoms with E-state index in [2.05, 4.69) is 15.6 Å². The van der Waals surface area contributed by atoms with Crippen molar-refractivity contribution in [3.05, 3.63) is 64.5 Å². The molecule has 140 valence electrons. The average molecular weight is 383 g/mol. The van der Waals surface area contributed by atoms with Gasteiger partial charge in [0.15, 0.2) is 11.5 Å². The molecule has 0 saturated heterocycles. The molecule has 27 heavy (non-hydrogen) atoms. The van der Waals surface area contributed by atoms with Crippen molar-refractivity contribution in [1.29, 1.82) is 0 Å². The summed E-state index contributed by atoms with van der Waals surface area (Å²) in [5.74, 6) is 1.29. The molecule has 2 aromatic heterocycles. The van der Waals surface area contributed by atoms with E-state index >= 15 is 0 Å². The first-order valence-electron chi connectivity index (χ1n) is 8.40. The standard InChI is InChI=1S/C20H21N3O3S/c1-25-17-6-5-14(10-18(17)26-2)11-22-20(24)23-12-15-4-3-8-21-19(15)16-7-9-27-13-16/h3-10,13H,11-12H2,1-2H3,(H2,22,23,24). The maximum Gasteiger partial charge on any atom is 0.315 e. The third-order valence-electron chi connectivity index (χ3n) is 4.03. The van der Waals surface area contributed by atoms with Gasteiger partial charge in [-0.25, -0.2) is 4.79 Å². The second kappa shape index (κ2) is 9.05. The highest BCUT2D eigenvalue weighted by molar-refractivity contribution is 7.08. The zero-order chi connectivity index (χ0) is 19.1. The van der Waals surface area contributed by atoms with Gasteiger partial charge < -0.3 is 20.1 Å². The third kappa shape index (κ3) is 4.77. The normalized spacial score (nSPS) is 10.3. The van der Waals surface area contributed by atoms with Gasteiger partial charge in [-0.2, -0.15) is 11.3 Å². The molecule has 2 N–H and O–H groups in total. The number of amides is 2. The lowest BCUT2D eigenvalue weighted by molar-refractivity contribution is 0.240. The van der Waals surface area contributed by atoms with Crippen molar-refractivity contribution >= 4 is 17.4 Å². The maximum absolute atomic E-state index is 12.2. The minimum atomic E-state index is -0.245. The first-order chi connectivity index (χ1) is 13.2. The molecule has 0 bridgehead atoms. The molecule has 0 atom stereocenters. The van der Waals surface area contributed by atoms with Gasteiger partial charge in [0.1, 0.15) is 0 Å². The Hall–Kier alpha value is -3.06. The number of hydrogen-bond acceptors (Lipinski definition) is 5. The Morgan fingerprint density at radius 1 is 1.07 bits per heavy atom. The Morgan fingerprint density at radius 3 is 2.63 bits per heavy atom. The van der Waals surface area contributed by atoms with Crippen molar-refractivity contribution in [3.63, 3.8) is 0 Å². The molecule has 0 saturated carbocycles. The monoisotopic (exact) mass is 383 g/mol. The van der Waals surface area contributed by atoms with E-state index in [0.29, 0.717) is 24.6 Å². The van der Waals surface area contributed by atoms with Crippen molar-refractivity contribution in [2.45, 2.75) is 13.1 Å². The van der Waals surface area contributed by atoms with Crippen LogP contribution in [0.2, 0.25) is 0 Å². The van der Waals surface area contributed by atoms with Crippen molar-refractivity contribution in [1.82, 2.24) is 15.6 Å². The molecule has 0 spiro atoms. The lowest BCUT2D eigenvalue weighted by Gasteiger charge is -2.12. The fraction of sp³-hybridized carbons (Fsp3) is 0.200. The number of benzene rings is 1. The predicted octanol–water partition coefficient (Wildman–Crippen LogP) is 3.83. The fourth-order valence-corrected chi connectivity index (χ4v) is 3.29. The van der Waals surface area contributed by atoms with Crippen LogP contribution in [0.25, 0.3) is 11.3 Å². The van der Waals surface area contributed by atoms with E-state index in [1.165, 1.54) is 0 Å². The number of urea groups is 1. The van der Waals surface area contributed by atoms with Gasteiger partial charge in [0.2, 0.25) is 0 Å². The van der Waals surface area contributed by atoms with Crippen LogP contribution in [-0.2, 0) is 13.1 Å². The summed E-state index contributed by atoms with van der Waals surface area (Å²) in [6.07, 6.45) is 1.76. The first kappa shape index (κ1) is 18.7. The van der Waals surface area contributed by atoms with Gasteiger partial charge in [-0.05, 0) is 40.8 Å². The predicted molar refractivity (Wildman–Crippen MR) is 106 cm³/mol. The molecule has 3 rings (SSSR count). The minimum Gasteiger partial charge on any atom is -0.493 e.